The number of carbonyl (C=O) groups is 1. The van der Waals surface area contributed by atoms with E-state index in [1.54, 1.807) is 6.92 Å². The Labute approximate surface area is 132 Å². The summed E-state index contributed by atoms with van der Waals surface area (Å²) in [5.74, 6) is 0.0868. The first-order valence-electron chi connectivity index (χ1n) is 7.97. The lowest BCUT2D eigenvalue weighted by atomic mass is 9.78. The first kappa shape index (κ1) is 18.4. The summed E-state index contributed by atoms with van der Waals surface area (Å²) < 4.78 is 4.70. The van der Waals surface area contributed by atoms with Crippen LogP contribution in [0.15, 0.2) is 4.79 Å². The maximum absolute atomic E-state index is 12.0. The van der Waals surface area contributed by atoms with Gasteiger partial charge in [-0.2, -0.15) is 0 Å². The van der Waals surface area contributed by atoms with Gasteiger partial charge in [-0.1, -0.05) is 40.5 Å². The number of hydrogen-bond acceptors (Lipinski definition) is 4. The number of H-pyrrole nitrogens is 1. The molecule has 1 aromatic rings. The van der Waals surface area contributed by atoms with Crippen LogP contribution in [0.2, 0.25) is 0 Å². The molecule has 0 saturated carbocycles. The van der Waals surface area contributed by atoms with Crippen molar-refractivity contribution < 1.29 is 9.53 Å². The van der Waals surface area contributed by atoms with Crippen LogP contribution >= 0.6 is 0 Å². The zero-order chi connectivity index (χ0) is 16.9. The van der Waals surface area contributed by atoms with Crippen LogP contribution in [0.1, 0.15) is 81.2 Å². The predicted molar refractivity (Wildman–Crippen MR) is 87.3 cm³/mol. The molecule has 0 fully saturated rings. The van der Waals surface area contributed by atoms with Crippen LogP contribution in [0.4, 0.5) is 0 Å². The van der Waals surface area contributed by atoms with Crippen molar-refractivity contribution in [2.45, 2.75) is 66.2 Å². The molecule has 1 unspecified atom stereocenters. The Morgan fingerprint density at radius 1 is 1.36 bits per heavy atom. The second-order valence-corrected chi connectivity index (χ2v) is 6.37. The minimum Gasteiger partial charge on any atom is -0.464 e. The molecule has 0 aliphatic heterocycles. The van der Waals surface area contributed by atoms with Crippen LogP contribution in [0.25, 0.3) is 0 Å². The topological polar surface area (TPSA) is 72.0 Å². The van der Waals surface area contributed by atoms with Crippen LogP contribution in [0.5, 0.6) is 0 Å². The minimum atomic E-state index is -0.566. The number of methoxy groups -OCH3 is 1. The van der Waals surface area contributed by atoms with Crippen molar-refractivity contribution in [3.8, 4) is 0 Å². The Bertz CT molecular complexity index is 574. The highest BCUT2D eigenvalue weighted by Crippen LogP contribution is 2.34. The number of hydrogen-bond donors (Lipinski definition) is 1. The van der Waals surface area contributed by atoms with Gasteiger partial charge in [0, 0.05) is 11.5 Å². The number of nitrogens with one attached hydrogen (secondary N) is 1. The number of nitrogens with zero attached hydrogens (tertiary/aromatic N) is 1. The Kier molecular flexibility index (Phi) is 6.33. The SMILES string of the molecule is CCC(C)(CC)CCC(C)c1nc(C(=O)OC)c(C)c(=O)[nH]1. The lowest BCUT2D eigenvalue weighted by Gasteiger charge is -2.27. The molecule has 0 radical (unpaired) electrons. The molecule has 5 heteroatoms. The summed E-state index contributed by atoms with van der Waals surface area (Å²) >= 11 is 0. The fourth-order valence-electron chi connectivity index (χ4n) is 2.38. The fourth-order valence-corrected chi connectivity index (χ4v) is 2.38. The molecule has 0 aromatic carbocycles. The van der Waals surface area contributed by atoms with Crippen molar-refractivity contribution in [1.82, 2.24) is 9.97 Å². The summed E-state index contributed by atoms with van der Waals surface area (Å²) in [6.07, 6.45) is 4.24. The minimum absolute atomic E-state index is 0.0918. The van der Waals surface area contributed by atoms with E-state index >= 15 is 0 Å². The van der Waals surface area contributed by atoms with Crippen molar-refractivity contribution in [2.75, 3.05) is 7.11 Å². The molecule has 0 spiro atoms. The molecule has 0 bridgehead atoms. The van der Waals surface area contributed by atoms with E-state index in [4.69, 9.17) is 4.74 Å². The maximum atomic E-state index is 12.0. The van der Waals surface area contributed by atoms with Gasteiger partial charge in [0.1, 0.15) is 5.82 Å². The first-order valence-corrected chi connectivity index (χ1v) is 7.97. The largest absolute Gasteiger partial charge is 0.464 e. The van der Waals surface area contributed by atoms with Gasteiger partial charge < -0.3 is 9.72 Å². The third-order valence-corrected chi connectivity index (χ3v) is 4.90. The van der Waals surface area contributed by atoms with E-state index in [2.05, 4.69) is 30.7 Å². The Morgan fingerprint density at radius 3 is 2.45 bits per heavy atom. The molecular formula is C17H28N2O3. The van der Waals surface area contributed by atoms with Gasteiger partial charge in [0.15, 0.2) is 5.69 Å². The molecule has 0 amide bonds. The highest BCUT2D eigenvalue weighted by Gasteiger charge is 2.23. The van der Waals surface area contributed by atoms with Gasteiger partial charge in [-0.05, 0) is 25.2 Å². The summed E-state index contributed by atoms with van der Waals surface area (Å²) in [7, 11) is 1.29. The van der Waals surface area contributed by atoms with Crippen molar-refractivity contribution >= 4 is 5.97 Å². The van der Waals surface area contributed by atoms with Crippen LogP contribution in [0, 0.1) is 12.3 Å². The van der Waals surface area contributed by atoms with Gasteiger partial charge in [0.25, 0.3) is 5.56 Å². The molecule has 1 rings (SSSR count). The molecule has 1 N–H and O–H groups in total. The van der Waals surface area contributed by atoms with Crippen LogP contribution in [-0.4, -0.2) is 23.0 Å². The van der Waals surface area contributed by atoms with E-state index < -0.39 is 5.97 Å². The zero-order valence-electron chi connectivity index (χ0n) is 14.6. The molecule has 1 atom stereocenters. The van der Waals surface area contributed by atoms with E-state index in [-0.39, 0.29) is 17.2 Å². The fraction of sp³-hybridized carbons (Fsp3) is 0.706. The lowest BCUT2D eigenvalue weighted by Crippen LogP contribution is -2.23. The number of esters is 1. The summed E-state index contributed by atoms with van der Waals surface area (Å²) in [6.45, 7) is 10.3. The van der Waals surface area contributed by atoms with E-state index in [9.17, 15) is 9.59 Å². The summed E-state index contributed by atoms with van der Waals surface area (Å²) in [6, 6.07) is 0. The first-order chi connectivity index (χ1) is 10.3. The third kappa shape index (κ3) is 4.18. The zero-order valence-corrected chi connectivity index (χ0v) is 14.6. The summed E-state index contributed by atoms with van der Waals surface area (Å²) in [5.41, 5.74) is 0.451. The molecule has 0 saturated heterocycles. The molecule has 22 heavy (non-hydrogen) atoms. The number of ether oxygens (including phenoxy) is 1. The van der Waals surface area contributed by atoms with Crippen molar-refractivity contribution in [3.63, 3.8) is 0 Å². The standard InChI is InChI=1S/C17H28N2O3/c1-7-17(5,8-2)10-9-11(3)14-18-13(16(21)22-6)12(4)15(20)19-14/h11H,7-10H2,1-6H3,(H,18,19,20). The Balaban J connectivity index is 2.99. The monoisotopic (exact) mass is 308 g/mol. The third-order valence-electron chi connectivity index (χ3n) is 4.90. The van der Waals surface area contributed by atoms with Crippen LogP contribution in [0.3, 0.4) is 0 Å². The average molecular weight is 308 g/mol. The van der Waals surface area contributed by atoms with E-state index in [1.807, 2.05) is 6.92 Å². The van der Waals surface area contributed by atoms with Gasteiger partial charge in [-0.3, -0.25) is 4.79 Å². The molecular weight excluding hydrogens is 280 g/mol. The normalized spacial score (nSPS) is 13.0. The van der Waals surface area contributed by atoms with Crippen LogP contribution < -0.4 is 5.56 Å². The van der Waals surface area contributed by atoms with Gasteiger partial charge >= 0.3 is 5.97 Å². The summed E-state index contributed by atoms with van der Waals surface area (Å²) in [5, 5.41) is 0. The summed E-state index contributed by atoms with van der Waals surface area (Å²) in [4.78, 5) is 30.8. The molecule has 1 aromatic heterocycles. The smallest absolute Gasteiger partial charge is 0.357 e. The highest BCUT2D eigenvalue weighted by molar-refractivity contribution is 5.88. The Hall–Kier alpha value is -1.65. The lowest BCUT2D eigenvalue weighted by molar-refractivity contribution is 0.0592. The van der Waals surface area contributed by atoms with Crippen LogP contribution in [-0.2, 0) is 4.74 Å². The van der Waals surface area contributed by atoms with Gasteiger partial charge in [0.2, 0.25) is 0 Å². The molecule has 124 valence electrons. The highest BCUT2D eigenvalue weighted by atomic mass is 16.5. The van der Waals surface area contributed by atoms with E-state index in [0.29, 0.717) is 16.8 Å². The maximum Gasteiger partial charge on any atom is 0.357 e. The van der Waals surface area contributed by atoms with E-state index in [0.717, 1.165) is 25.7 Å². The molecule has 0 aliphatic carbocycles. The second-order valence-electron chi connectivity index (χ2n) is 6.37. The number of carbonyl (C=O) groups excluding carboxylic acids is 1. The van der Waals surface area contributed by atoms with Crippen molar-refractivity contribution in [1.29, 1.82) is 0 Å². The van der Waals surface area contributed by atoms with Gasteiger partial charge in [-0.25, -0.2) is 9.78 Å². The quantitative estimate of drug-likeness (QED) is 0.782. The predicted octanol–water partition coefficient (Wildman–Crippen LogP) is 3.57. The van der Waals surface area contributed by atoms with Gasteiger partial charge in [-0.15, -0.1) is 0 Å². The van der Waals surface area contributed by atoms with Crippen molar-refractivity contribution in [3.05, 3.63) is 27.4 Å². The molecule has 5 nitrogen and oxygen atoms in total. The van der Waals surface area contributed by atoms with Gasteiger partial charge in [0.05, 0.1) is 7.11 Å². The number of aromatic amines is 1. The average Bonchev–Trinajstić information content (AvgIpc) is 2.53. The molecule has 0 aliphatic rings. The Morgan fingerprint density at radius 2 is 1.95 bits per heavy atom. The van der Waals surface area contributed by atoms with E-state index in [1.165, 1.54) is 7.11 Å². The second kappa shape index (κ2) is 7.56. The van der Waals surface area contributed by atoms with Crippen molar-refractivity contribution in [2.24, 2.45) is 5.41 Å². The number of aromatic nitrogens is 2. The number of rotatable bonds is 7. The molecule has 1 heterocycles.